The standard InChI is InChI=1S/C17H22N2O6/c1-10(2)18-17(22)19-15(20)11(3)25-16(21)12-5-6-13-14(9-12)24-8-4-7-23-13/h5-6,9-11H,4,7-8H2,1-3H3,(H2,18,19,20,22). The molecule has 0 saturated heterocycles. The summed E-state index contributed by atoms with van der Waals surface area (Å²) in [5.74, 6) is -0.381. The monoisotopic (exact) mass is 350 g/mol. The van der Waals surface area contributed by atoms with Crippen LogP contribution in [0.3, 0.4) is 0 Å². The summed E-state index contributed by atoms with van der Waals surface area (Å²) in [5, 5.41) is 4.63. The van der Waals surface area contributed by atoms with Gasteiger partial charge in [-0.05, 0) is 39.0 Å². The molecule has 1 aliphatic heterocycles. The molecule has 0 spiro atoms. The largest absolute Gasteiger partial charge is 0.490 e. The van der Waals surface area contributed by atoms with Gasteiger partial charge in [-0.3, -0.25) is 10.1 Å². The second-order valence-electron chi connectivity index (χ2n) is 5.88. The number of urea groups is 1. The van der Waals surface area contributed by atoms with Crippen LogP contribution in [-0.2, 0) is 9.53 Å². The second-order valence-corrected chi connectivity index (χ2v) is 5.88. The van der Waals surface area contributed by atoms with Gasteiger partial charge in [0.25, 0.3) is 5.91 Å². The predicted octanol–water partition coefficient (Wildman–Crippen LogP) is 1.63. The number of imide groups is 1. The third-order valence-electron chi connectivity index (χ3n) is 3.29. The van der Waals surface area contributed by atoms with Gasteiger partial charge in [0.1, 0.15) is 0 Å². The molecule has 1 atom stereocenters. The molecule has 0 bridgehead atoms. The first-order valence-electron chi connectivity index (χ1n) is 8.09. The molecular weight excluding hydrogens is 328 g/mol. The fraction of sp³-hybridized carbons (Fsp3) is 0.471. The molecule has 0 saturated carbocycles. The highest BCUT2D eigenvalue weighted by atomic mass is 16.5. The van der Waals surface area contributed by atoms with Crippen molar-refractivity contribution in [1.29, 1.82) is 0 Å². The van der Waals surface area contributed by atoms with E-state index in [4.69, 9.17) is 14.2 Å². The molecule has 1 aromatic rings. The first kappa shape index (κ1) is 18.6. The van der Waals surface area contributed by atoms with Crippen LogP contribution in [0.1, 0.15) is 37.6 Å². The van der Waals surface area contributed by atoms with Crippen LogP contribution in [0.2, 0.25) is 0 Å². The van der Waals surface area contributed by atoms with E-state index in [-0.39, 0.29) is 11.6 Å². The zero-order valence-electron chi connectivity index (χ0n) is 14.5. The van der Waals surface area contributed by atoms with Crippen LogP contribution in [0.25, 0.3) is 0 Å². The quantitative estimate of drug-likeness (QED) is 0.800. The molecule has 136 valence electrons. The summed E-state index contributed by atoms with van der Waals surface area (Å²) >= 11 is 0. The van der Waals surface area contributed by atoms with Gasteiger partial charge in [-0.25, -0.2) is 9.59 Å². The molecule has 1 aromatic carbocycles. The molecule has 8 nitrogen and oxygen atoms in total. The van der Waals surface area contributed by atoms with Crippen molar-refractivity contribution in [2.24, 2.45) is 0 Å². The third-order valence-corrected chi connectivity index (χ3v) is 3.29. The van der Waals surface area contributed by atoms with Crippen LogP contribution < -0.4 is 20.1 Å². The Morgan fingerprint density at radius 3 is 2.44 bits per heavy atom. The van der Waals surface area contributed by atoms with Crippen molar-refractivity contribution in [3.05, 3.63) is 23.8 Å². The van der Waals surface area contributed by atoms with Crippen LogP contribution in [0.5, 0.6) is 11.5 Å². The first-order valence-corrected chi connectivity index (χ1v) is 8.09. The summed E-state index contributed by atoms with van der Waals surface area (Å²) in [7, 11) is 0. The predicted molar refractivity (Wildman–Crippen MR) is 88.7 cm³/mol. The maximum absolute atomic E-state index is 12.2. The van der Waals surface area contributed by atoms with E-state index in [2.05, 4.69) is 10.6 Å². The van der Waals surface area contributed by atoms with Gasteiger partial charge in [-0.2, -0.15) is 0 Å². The lowest BCUT2D eigenvalue weighted by atomic mass is 10.2. The number of carbonyl (C=O) groups is 3. The summed E-state index contributed by atoms with van der Waals surface area (Å²) in [6.45, 7) is 5.95. The number of ether oxygens (including phenoxy) is 3. The maximum Gasteiger partial charge on any atom is 0.339 e. The minimum absolute atomic E-state index is 0.118. The van der Waals surface area contributed by atoms with Crippen molar-refractivity contribution in [3.8, 4) is 11.5 Å². The first-order chi connectivity index (χ1) is 11.9. The molecule has 8 heteroatoms. The van der Waals surface area contributed by atoms with Gasteiger partial charge in [0, 0.05) is 12.5 Å². The second kappa shape index (κ2) is 8.36. The minimum atomic E-state index is -1.12. The van der Waals surface area contributed by atoms with Crippen molar-refractivity contribution in [1.82, 2.24) is 10.6 Å². The number of benzene rings is 1. The molecule has 1 unspecified atom stereocenters. The highest BCUT2D eigenvalue weighted by Crippen LogP contribution is 2.30. The lowest BCUT2D eigenvalue weighted by Crippen LogP contribution is -2.46. The Kier molecular flexibility index (Phi) is 6.21. The Morgan fingerprint density at radius 1 is 1.08 bits per heavy atom. The molecule has 2 rings (SSSR count). The van der Waals surface area contributed by atoms with Gasteiger partial charge in [-0.1, -0.05) is 0 Å². The van der Waals surface area contributed by atoms with Crippen molar-refractivity contribution in [2.45, 2.75) is 39.3 Å². The number of nitrogens with one attached hydrogen (secondary N) is 2. The van der Waals surface area contributed by atoms with Gasteiger partial charge in [0.15, 0.2) is 17.6 Å². The number of amides is 3. The Labute approximate surface area is 145 Å². The van der Waals surface area contributed by atoms with Crippen LogP contribution in [-0.4, -0.2) is 43.3 Å². The molecule has 25 heavy (non-hydrogen) atoms. The third kappa shape index (κ3) is 5.37. The molecule has 0 aliphatic carbocycles. The topological polar surface area (TPSA) is 103 Å². The number of esters is 1. The highest BCUT2D eigenvalue weighted by Gasteiger charge is 2.22. The number of fused-ring (bicyclic) bond motifs is 1. The number of hydrogen-bond acceptors (Lipinski definition) is 6. The van der Waals surface area contributed by atoms with Crippen LogP contribution in [0, 0.1) is 0 Å². The van der Waals surface area contributed by atoms with Crippen molar-refractivity contribution in [3.63, 3.8) is 0 Å². The summed E-state index contributed by atoms with van der Waals surface area (Å²) < 4.78 is 16.1. The average molecular weight is 350 g/mol. The van der Waals surface area contributed by atoms with E-state index in [1.54, 1.807) is 19.9 Å². The van der Waals surface area contributed by atoms with Crippen LogP contribution in [0.4, 0.5) is 4.79 Å². The van der Waals surface area contributed by atoms with Gasteiger partial charge in [0.05, 0.1) is 18.8 Å². The molecule has 0 radical (unpaired) electrons. The van der Waals surface area contributed by atoms with Crippen LogP contribution >= 0.6 is 0 Å². The fourth-order valence-corrected chi connectivity index (χ4v) is 2.08. The highest BCUT2D eigenvalue weighted by molar-refractivity contribution is 5.98. The van der Waals surface area contributed by atoms with E-state index < -0.39 is 24.0 Å². The van der Waals surface area contributed by atoms with Crippen molar-refractivity contribution < 1.29 is 28.6 Å². The normalized spacial score (nSPS) is 14.2. The van der Waals surface area contributed by atoms with Gasteiger partial charge >= 0.3 is 12.0 Å². The molecule has 3 amide bonds. The SMILES string of the molecule is CC(C)NC(=O)NC(=O)C(C)OC(=O)c1ccc2c(c1)OCCCO2. The number of hydrogen-bond donors (Lipinski definition) is 2. The lowest BCUT2D eigenvalue weighted by molar-refractivity contribution is -0.127. The Bertz CT molecular complexity index is 659. The van der Waals surface area contributed by atoms with E-state index in [0.29, 0.717) is 24.7 Å². The van der Waals surface area contributed by atoms with Gasteiger partial charge in [-0.15, -0.1) is 0 Å². The Morgan fingerprint density at radius 2 is 1.76 bits per heavy atom. The van der Waals surface area contributed by atoms with Gasteiger partial charge < -0.3 is 19.5 Å². The molecule has 0 fully saturated rings. The summed E-state index contributed by atoms with van der Waals surface area (Å²) in [6, 6.07) is 3.91. The summed E-state index contributed by atoms with van der Waals surface area (Å²) in [4.78, 5) is 35.6. The van der Waals surface area contributed by atoms with E-state index in [0.717, 1.165) is 6.42 Å². The Hall–Kier alpha value is -2.77. The minimum Gasteiger partial charge on any atom is -0.490 e. The van der Waals surface area contributed by atoms with Crippen molar-refractivity contribution in [2.75, 3.05) is 13.2 Å². The fourth-order valence-electron chi connectivity index (χ4n) is 2.08. The van der Waals surface area contributed by atoms with Crippen molar-refractivity contribution >= 4 is 17.9 Å². The van der Waals surface area contributed by atoms with E-state index in [1.165, 1.54) is 19.1 Å². The van der Waals surface area contributed by atoms with E-state index in [1.807, 2.05) is 0 Å². The molecule has 1 aliphatic rings. The molecule has 0 aromatic heterocycles. The van der Waals surface area contributed by atoms with Crippen LogP contribution in [0.15, 0.2) is 18.2 Å². The number of carbonyl (C=O) groups excluding carboxylic acids is 3. The molecular formula is C17H22N2O6. The molecule has 1 heterocycles. The lowest BCUT2D eigenvalue weighted by Gasteiger charge is -2.15. The van der Waals surface area contributed by atoms with E-state index >= 15 is 0 Å². The zero-order valence-corrected chi connectivity index (χ0v) is 14.5. The van der Waals surface area contributed by atoms with E-state index in [9.17, 15) is 14.4 Å². The average Bonchev–Trinajstić information content (AvgIpc) is 2.78. The number of rotatable bonds is 4. The summed E-state index contributed by atoms with van der Waals surface area (Å²) in [5.41, 5.74) is 0.232. The summed E-state index contributed by atoms with van der Waals surface area (Å²) in [6.07, 6.45) is -0.370. The zero-order chi connectivity index (χ0) is 18.4. The smallest absolute Gasteiger partial charge is 0.339 e. The van der Waals surface area contributed by atoms with Gasteiger partial charge in [0.2, 0.25) is 0 Å². The maximum atomic E-state index is 12.2. The Balaban J connectivity index is 1.95. The molecule has 2 N–H and O–H groups in total.